The molecule has 0 radical (unpaired) electrons. The van der Waals surface area contributed by atoms with Gasteiger partial charge in [-0.25, -0.2) is 0 Å². The van der Waals surface area contributed by atoms with Crippen molar-refractivity contribution in [2.75, 3.05) is 10.6 Å². The summed E-state index contributed by atoms with van der Waals surface area (Å²) in [7, 11) is 0. The second kappa shape index (κ2) is 8.87. The van der Waals surface area contributed by atoms with E-state index >= 15 is 0 Å². The van der Waals surface area contributed by atoms with Crippen LogP contribution >= 0.6 is 22.6 Å². The molecule has 5 heteroatoms. The number of rotatable bonds is 4. The molecule has 0 heterocycles. The largest absolute Gasteiger partial charge is 0.317 e. The molecule has 0 spiro atoms. The van der Waals surface area contributed by atoms with E-state index in [9.17, 15) is 9.59 Å². The summed E-state index contributed by atoms with van der Waals surface area (Å²) in [6, 6.07) is 9.95. The van der Waals surface area contributed by atoms with E-state index in [0.717, 1.165) is 31.5 Å². The third-order valence-electron chi connectivity index (χ3n) is 4.55. The molecular weight excluding hydrogens is 451 g/mol. The van der Waals surface area contributed by atoms with Crippen molar-refractivity contribution in [3.8, 4) is 0 Å². The molecule has 0 saturated carbocycles. The molecule has 2 amide bonds. The van der Waals surface area contributed by atoms with Crippen molar-refractivity contribution < 1.29 is 9.59 Å². The molecule has 0 aliphatic rings. The summed E-state index contributed by atoms with van der Waals surface area (Å²) in [6.07, 6.45) is 0. The van der Waals surface area contributed by atoms with Crippen LogP contribution in [0.25, 0.3) is 0 Å². The van der Waals surface area contributed by atoms with E-state index in [1.54, 1.807) is 0 Å². The van der Waals surface area contributed by atoms with Crippen molar-refractivity contribution in [1.82, 2.24) is 0 Å². The first kappa shape index (κ1) is 21.4. The van der Waals surface area contributed by atoms with Crippen molar-refractivity contribution >= 4 is 45.8 Å². The minimum absolute atomic E-state index is 0.239. The van der Waals surface area contributed by atoms with Crippen molar-refractivity contribution in [3.05, 3.63) is 56.2 Å². The van der Waals surface area contributed by atoms with E-state index in [0.29, 0.717) is 5.69 Å². The van der Waals surface area contributed by atoms with Gasteiger partial charge in [0.1, 0.15) is 0 Å². The van der Waals surface area contributed by atoms with Gasteiger partial charge in [0.05, 0.1) is 0 Å². The molecule has 2 N–H and O–H groups in total. The predicted octanol–water partition coefficient (Wildman–Crippen LogP) is 5.73. The summed E-state index contributed by atoms with van der Waals surface area (Å²) in [4.78, 5) is 25.2. The molecule has 27 heavy (non-hydrogen) atoms. The van der Waals surface area contributed by atoms with Gasteiger partial charge in [0, 0.05) is 14.9 Å². The summed E-state index contributed by atoms with van der Waals surface area (Å²) >= 11 is 2.24. The van der Waals surface area contributed by atoms with Crippen LogP contribution in [0.5, 0.6) is 0 Å². The molecule has 0 fully saturated rings. The minimum atomic E-state index is -0.657. The zero-order valence-corrected chi connectivity index (χ0v) is 18.9. The van der Waals surface area contributed by atoms with Crippen molar-refractivity contribution in [2.24, 2.45) is 0 Å². The van der Waals surface area contributed by atoms with Crippen LogP contribution < -0.4 is 10.6 Å². The maximum Gasteiger partial charge on any atom is 0.314 e. The number of amides is 2. The van der Waals surface area contributed by atoms with Gasteiger partial charge in [-0.3, -0.25) is 9.59 Å². The fourth-order valence-corrected chi connectivity index (χ4v) is 4.08. The Bertz CT molecular complexity index is 823. The van der Waals surface area contributed by atoms with E-state index in [1.807, 2.05) is 44.2 Å². The molecule has 0 aliphatic heterocycles. The number of hydrogen-bond donors (Lipinski definition) is 2. The van der Waals surface area contributed by atoms with Crippen LogP contribution in [-0.4, -0.2) is 11.8 Å². The van der Waals surface area contributed by atoms with Gasteiger partial charge in [-0.2, -0.15) is 0 Å². The summed E-state index contributed by atoms with van der Waals surface area (Å²) in [5, 5.41) is 5.63. The number of nitrogens with one attached hydrogen (secondary N) is 2. The summed E-state index contributed by atoms with van der Waals surface area (Å²) in [5.41, 5.74) is 5.38. The molecule has 2 aromatic carbocycles. The lowest BCUT2D eigenvalue weighted by atomic mass is 9.92. The van der Waals surface area contributed by atoms with Gasteiger partial charge in [-0.1, -0.05) is 45.9 Å². The van der Waals surface area contributed by atoms with E-state index < -0.39 is 11.8 Å². The Morgan fingerprint density at radius 2 is 1.22 bits per heavy atom. The quantitative estimate of drug-likeness (QED) is 0.436. The standard InChI is InChI=1S/C22H27IN2O2/c1-12(2)17-8-7-9-18(13(3)4)20(17)25-22(27)21(26)24-19-14(5)10-16(23)11-15(19)6/h7-13H,1-6H3,(H,24,26)(H,25,27). The molecule has 144 valence electrons. The first-order valence-electron chi connectivity index (χ1n) is 9.13. The number of anilines is 2. The van der Waals surface area contributed by atoms with Crippen molar-refractivity contribution in [2.45, 2.75) is 53.4 Å². The highest BCUT2D eigenvalue weighted by Crippen LogP contribution is 2.32. The van der Waals surface area contributed by atoms with E-state index in [2.05, 4.69) is 60.9 Å². The summed E-state index contributed by atoms with van der Waals surface area (Å²) in [6.45, 7) is 12.2. The van der Waals surface area contributed by atoms with Gasteiger partial charge in [0.2, 0.25) is 0 Å². The molecule has 0 aromatic heterocycles. The second-order valence-electron chi connectivity index (χ2n) is 7.44. The Balaban J connectivity index is 2.29. The number of benzene rings is 2. The van der Waals surface area contributed by atoms with Crippen LogP contribution in [0.2, 0.25) is 0 Å². The fraction of sp³-hybridized carbons (Fsp3) is 0.364. The average molecular weight is 478 g/mol. The number of carbonyl (C=O) groups is 2. The first-order valence-corrected chi connectivity index (χ1v) is 10.2. The number of hydrogen-bond acceptors (Lipinski definition) is 2. The van der Waals surface area contributed by atoms with Gasteiger partial charge in [0.25, 0.3) is 0 Å². The normalized spacial score (nSPS) is 11.0. The molecule has 0 unspecified atom stereocenters. The Labute approximate surface area is 175 Å². The van der Waals surface area contributed by atoms with E-state index in [1.165, 1.54) is 0 Å². The molecule has 0 aliphatic carbocycles. The van der Waals surface area contributed by atoms with Gasteiger partial charge in [-0.15, -0.1) is 0 Å². The van der Waals surface area contributed by atoms with Crippen LogP contribution in [0.1, 0.15) is 61.8 Å². The van der Waals surface area contributed by atoms with E-state index in [-0.39, 0.29) is 11.8 Å². The molecule has 0 atom stereocenters. The topological polar surface area (TPSA) is 58.2 Å². The lowest BCUT2D eigenvalue weighted by molar-refractivity contribution is -0.133. The third kappa shape index (κ3) is 5.09. The Morgan fingerprint density at radius 3 is 1.63 bits per heavy atom. The Hall–Kier alpha value is -1.89. The maximum atomic E-state index is 12.6. The van der Waals surface area contributed by atoms with Crippen LogP contribution in [0, 0.1) is 17.4 Å². The molecular formula is C22H27IN2O2. The van der Waals surface area contributed by atoms with Crippen LogP contribution in [-0.2, 0) is 9.59 Å². The van der Waals surface area contributed by atoms with Gasteiger partial charge < -0.3 is 10.6 Å². The predicted molar refractivity (Wildman–Crippen MR) is 121 cm³/mol. The summed E-state index contributed by atoms with van der Waals surface area (Å²) in [5.74, 6) is -0.830. The third-order valence-corrected chi connectivity index (χ3v) is 5.18. The van der Waals surface area contributed by atoms with Crippen LogP contribution in [0.4, 0.5) is 11.4 Å². The van der Waals surface area contributed by atoms with Crippen molar-refractivity contribution in [1.29, 1.82) is 0 Å². The molecule has 2 aromatic rings. The van der Waals surface area contributed by atoms with Crippen LogP contribution in [0.15, 0.2) is 30.3 Å². The minimum Gasteiger partial charge on any atom is -0.317 e. The smallest absolute Gasteiger partial charge is 0.314 e. The Morgan fingerprint density at radius 1 is 0.815 bits per heavy atom. The maximum absolute atomic E-state index is 12.6. The lowest BCUT2D eigenvalue weighted by Crippen LogP contribution is -2.30. The molecule has 2 rings (SSSR count). The lowest BCUT2D eigenvalue weighted by Gasteiger charge is -2.20. The Kier molecular flexibility index (Phi) is 7.03. The SMILES string of the molecule is Cc1cc(I)cc(C)c1NC(=O)C(=O)Nc1c(C(C)C)cccc1C(C)C. The molecule has 0 bridgehead atoms. The number of aryl methyl sites for hydroxylation is 2. The zero-order valence-electron chi connectivity index (χ0n) is 16.7. The van der Waals surface area contributed by atoms with Gasteiger partial charge in [0.15, 0.2) is 0 Å². The highest BCUT2D eigenvalue weighted by Gasteiger charge is 2.21. The van der Waals surface area contributed by atoms with Gasteiger partial charge in [-0.05, 0) is 82.7 Å². The second-order valence-corrected chi connectivity index (χ2v) is 8.69. The average Bonchev–Trinajstić information content (AvgIpc) is 2.57. The highest BCUT2D eigenvalue weighted by atomic mass is 127. The monoisotopic (exact) mass is 478 g/mol. The first-order chi connectivity index (χ1) is 12.6. The number of halogens is 1. The number of para-hydroxylation sites is 1. The highest BCUT2D eigenvalue weighted by molar-refractivity contribution is 14.1. The number of carbonyl (C=O) groups excluding carboxylic acids is 2. The van der Waals surface area contributed by atoms with E-state index in [4.69, 9.17) is 0 Å². The van der Waals surface area contributed by atoms with Crippen molar-refractivity contribution in [3.63, 3.8) is 0 Å². The zero-order chi connectivity index (χ0) is 20.3. The molecule has 4 nitrogen and oxygen atoms in total. The van der Waals surface area contributed by atoms with Crippen LogP contribution in [0.3, 0.4) is 0 Å². The van der Waals surface area contributed by atoms with Gasteiger partial charge >= 0.3 is 11.8 Å². The summed E-state index contributed by atoms with van der Waals surface area (Å²) < 4.78 is 1.09. The molecule has 0 saturated heterocycles. The fourth-order valence-electron chi connectivity index (χ4n) is 3.14.